The fourth-order valence-electron chi connectivity index (χ4n) is 11.0. The number of fused-ring (bicyclic) bond motifs is 5. The Morgan fingerprint density at radius 1 is 1.00 bits per heavy atom. The van der Waals surface area contributed by atoms with E-state index in [9.17, 15) is 24.9 Å². The highest BCUT2D eigenvalue weighted by Gasteiger charge is 2.72. The second-order valence-corrected chi connectivity index (χ2v) is 16.1. The molecule has 4 aliphatic carbocycles. The Morgan fingerprint density at radius 3 is 2.14 bits per heavy atom. The van der Waals surface area contributed by atoms with Gasteiger partial charge in [-0.25, -0.2) is 0 Å². The molecule has 1 saturated heterocycles. The molecule has 3 N–H and O–H groups in total. The lowest BCUT2D eigenvalue weighted by Gasteiger charge is -2.70. The van der Waals surface area contributed by atoms with Crippen molar-refractivity contribution in [3.05, 3.63) is 11.6 Å². The number of aliphatic hydroxyl groups is 3. The number of carbonyl (C=O) groups excluding carboxylic acids is 2. The van der Waals surface area contributed by atoms with Crippen LogP contribution in [0, 0.1) is 45.3 Å². The molecule has 0 radical (unpaired) electrons. The molecule has 8 heteroatoms. The summed E-state index contributed by atoms with van der Waals surface area (Å²) in [7, 11) is 0. The summed E-state index contributed by atoms with van der Waals surface area (Å²) in [4.78, 5) is 25.0. The number of aliphatic hydroxyl groups excluding tert-OH is 3. The van der Waals surface area contributed by atoms with Gasteiger partial charge in [-0.3, -0.25) is 9.59 Å². The van der Waals surface area contributed by atoms with E-state index < -0.39 is 40.7 Å². The lowest BCUT2D eigenvalue weighted by molar-refractivity contribution is -0.259. The van der Waals surface area contributed by atoms with Crippen LogP contribution in [0.15, 0.2) is 11.6 Å². The van der Waals surface area contributed by atoms with Crippen LogP contribution in [0.1, 0.15) is 101 Å². The number of esters is 2. The molecule has 0 bridgehead atoms. The summed E-state index contributed by atoms with van der Waals surface area (Å²) in [5.41, 5.74) is -0.741. The molecule has 0 aromatic rings. The maximum atomic E-state index is 12.6. The fraction of sp³-hybridized carbons (Fsp3) is 0.882. The van der Waals surface area contributed by atoms with Crippen LogP contribution in [-0.2, 0) is 23.8 Å². The number of carbonyl (C=O) groups is 2. The average molecular weight is 591 g/mol. The van der Waals surface area contributed by atoms with E-state index in [2.05, 4.69) is 40.7 Å². The van der Waals surface area contributed by atoms with Gasteiger partial charge in [-0.05, 0) is 80.5 Å². The zero-order valence-corrected chi connectivity index (χ0v) is 27.1. The fourth-order valence-corrected chi connectivity index (χ4v) is 11.0. The van der Waals surface area contributed by atoms with Crippen LogP contribution in [0.2, 0.25) is 0 Å². The lowest BCUT2D eigenvalue weighted by atomic mass is 9.36. The Hall–Kier alpha value is -1.48. The molecule has 0 unspecified atom stereocenters. The molecule has 42 heavy (non-hydrogen) atoms. The molecule has 238 valence electrons. The summed E-state index contributed by atoms with van der Waals surface area (Å²) >= 11 is 0. The third-order valence-electron chi connectivity index (χ3n) is 13.1. The van der Waals surface area contributed by atoms with Crippen molar-refractivity contribution < 1.29 is 39.1 Å². The van der Waals surface area contributed by atoms with Gasteiger partial charge < -0.3 is 29.5 Å². The molecule has 3 saturated carbocycles. The third kappa shape index (κ3) is 4.60. The van der Waals surface area contributed by atoms with E-state index in [1.54, 1.807) is 0 Å². The van der Waals surface area contributed by atoms with Crippen LogP contribution in [0.25, 0.3) is 0 Å². The number of hydrogen-bond donors (Lipinski definition) is 3. The molecule has 0 aromatic heterocycles. The van der Waals surface area contributed by atoms with Gasteiger partial charge in [-0.15, -0.1) is 0 Å². The molecule has 0 spiro atoms. The van der Waals surface area contributed by atoms with E-state index in [1.807, 2.05) is 13.8 Å². The van der Waals surface area contributed by atoms with Gasteiger partial charge in [0, 0.05) is 37.7 Å². The normalized spacial score (nSPS) is 46.3. The summed E-state index contributed by atoms with van der Waals surface area (Å²) < 4.78 is 18.0. The summed E-state index contributed by atoms with van der Waals surface area (Å²) in [5.74, 6) is -0.630. The second-order valence-electron chi connectivity index (χ2n) is 16.1. The van der Waals surface area contributed by atoms with Gasteiger partial charge in [-0.2, -0.15) is 0 Å². The standard InChI is InChI=1S/C34H54O8/c1-18(36)40-27-15-25-30(3,4)26(39)16-28(41-19(2)37)34(25,9)24-12-13-32(7)21(10-11-23(32)33(24,27)8)20(17-35)14-22(38)29-31(5,6)42-29/h11,20-22,24-29,35,38-39H,10,12-17H2,1-9H3/t20-,21+,22-,24-,25-,26+,27+,28-,29+,32-,33-,34+/m0/s1. The first-order valence-corrected chi connectivity index (χ1v) is 16.0. The van der Waals surface area contributed by atoms with Crippen molar-refractivity contribution in [3.8, 4) is 0 Å². The van der Waals surface area contributed by atoms with Crippen molar-refractivity contribution in [2.24, 2.45) is 45.3 Å². The number of allylic oxidation sites excluding steroid dienone is 1. The topological polar surface area (TPSA) is 126 Å². The van der Waals surface area contributed by atoms with Crippen LogP contribution in [0.4, 0.5) is 0 Å². The van der Waals surface area contributed by atoms with Crippen molar-refractivity contribution in [1.29, 1.82) is 0 Å². The summed E-state index contributed by atoms with van der Waals surface area (Å²) in [6, 6.07) is 0. The number of ether oxygens (including phenoxy) is 3. The van der Waals surface area contributed by atoms with Crippen molar-refractivity contribution in [2.45, 2.75) is 137 Å². The molecule has 5 rings (SSSR count). The zero-order valence-electron chi connectivity index (χ0n) is 27.1. The van der Waals surface area contributed by atoms with Gasteiger partial charge in [0.2, 0.25) is 0 Å². The zero-order chi connectivity index (χ0) is 31.2. The molecule has 12 atom stereocenters. The lowest BCUT2D eigenvalue weighted by Crippen LogP contribution is -2.70. The Labute approximate surface area is 251 Å². The minimum absolute atomic E-state index is 0.0144. The summed E-state index contributed by atoms with van der Waals surface area (Å²) in [6.45, 7) is 17.8. The maximum absolute atomic E-state index is 12.6. The largest absolute Gasteiger partial charge is 0.462 e. The predicted molar refractivity (Wildman–Crippen MR) is 157 cm³/mol. The number of rotatable bonds is 7. The minimum Gasteiger partial charge on any atom is -0.462 e. The first-order valence-electron chi connectivity index (χ1n) is 16.0. The van der Waals surface area contributed by atoms with Crippen molar-refractivity contribution >= 4 is 11.9 Å². The van der Waals surface area contributed by atoms with Crippen LogP contribution < -0.4 is 0 Å². The number of epoxide rings is 1. The monoisotopic (exact) mass is 590 g/mol. The molecular formula is C34H54O8. The highest BCUT2D eigenvalue weighted by atomic mass is 16.6. The average Bonchev–Trinajstić information content (AvgIpc) is 3.37. The molecule has 0 aromatic carbocycles. The Kier molecular flexibility index (Phi) is 7.82. The van der Waals surface area contributed by atoms with E-state index in [-0.39, 0.29) is 59.3 Å². The summed E-state index contributed by atoms with van der Waals surface area (Å²) in [6.07, 6.45) is 3.91. The van der Waals surface area contributed by atoms with E-state index in [0.29, 0.717) is 19.3 Å². The third-order valence-corrected chi connectivity index (χ3v) is 13.1. The van der Waals surface area contributed by atoms with Gasteiger partial charge in [0.05, 0.1) is 17.8 Å². The van der Waals surface area contributed by atoms with Crippen molar-refractivity contribution in [2.75, 3.05) is 6.61 Å². The predicted octanol–water partition coefficient (Wildman–Crippen LogP) is 4.57. The van der Waals surface area contributed by atoms with Gasteiger partial charge in [0.1, 0.15) is 18.3 Å². The van der Waals surface area contributed by atoms with Crippen LogP contribution in [0.5, 0.6) is 0 Å². The summed E-state index contributed by atoms with van der Waals surface area (Å²) in [5, 5.41) is 32.9. The second kappa shape index (κ2) is 10.3. The van der Waals surface area contributed by atoms with E-state index >= 15 is 0 Å². The number of hydrogen-bond acceptors (Lipinski definition) is 8. The molecule has 1 heterocycles. The van der Waals surface area contributed by atoms with Crippen LogP contribution in [-0.4, -0.2) is 70.0 Å². The van der Waals surface area contributed by atoms with Crippen molar-refractivity contribution in [1.82, 2.24) is 0 Å². The first-order chi connectivity index (χ1) is 19.3. The van der Waals surface area contributed by atoms with E-state index in [4.69, 9.17) is 14.2 Å². The SMILES string of the molecule is CC(=O)O[C@H]1C[C@@H](O)C(C)(C)[C@@H]2C[C@@H](OC(C)=O)[C@@]3(C)C4=CC[C@H]([C@H](CO)C[C@H](O)[C@H]5OC5(C)C)[C@]4(C)CC[C@@H]3[C@@]12C. The smallest absolute Gasteiger partial charge is 0.302 e. The van der Waals surface area contributed by atoms with E-state index in [0.717, 1.165) is 19.3 Å². The van der Waals surface area contributed by atoms with Gasteiger partial charge in [0.25, 0.3) is 0 Å². The molecule has 4 fully saturated rings. The highest BCUT2D eigenvalue weighted by Crippen LogP contribution is 2.74. The van der Waals surface area contributed by atoms with Crippen LogP contribution >= 0.6 is 0 Å². The Balaban J connectivity index is 1.54. The van der Waals surface area contributed by atoms with Crippen LogP contribution in [0.3, 0.4) is 0 Å². The molecule has 8 nitrogen and oxygen atoms in total. The molecular weight excluding hydrogens is 536 g/mol. The Bertz CT molecular complexity index is 1130. The molecule has 5 aliphatic rings. The van der Waals surface area contributed by atoms with Gasteiger partial charge >= 0.3 is 11.9 Å². The minimum atomic E-state index is -0.650. The van der Waals surface area contributed by atoms with E-state index in [1.165, 1.54) is 19.4 Å². The first kappa shape index (κ1) is 31.9. The quantitative estimate of drug-likeness (QED) is 0.224. The molecule has 0 amide bonds. The van der Waals surface area contributed by atoms with Gasteiger partial charge in [-0.1, -0.05) is 46.3 Å². The van der Waals surface area contributed by atoms with Crippen molar-refractivity contribution in [3.63, 3.8) is 0 Å². The Morgan fingerprint density at radius 2 is 1.60 bits per heavy atom. The van der Waals surface area contributed by atoms with Gasteiger partial charge in [0.15, 0.2) is 0 Å². The maximum Gasteiger partial charge on any atom is 0.302 e. The highest BCUT2D eigenvalue weighted by molar-refractivity contribution is 5.67. The molecule has 1 aliphatic heterocycles.